The Morgan fingerprint density at radius 2 is 1.19 bits per heavy atom. The maximum absolute atomic E-state index is 12.4. The molecule has 10 aliphatic rings. The van der Waals surface area contributed by atoms with Gasteiger partial charge in [-0.25, -0.2) is 0 Å². The molecule has 8 aliphatic carbocycles. The van der Waals surface area contributed by atoms with Gasteiger partial charge in [-0.2, -0.15) is 0 Å². The summed E-state index contributed by atoms with van der Waals surface area (Å²) in [6.45, 7) is 24.6. The molecule has 4 saturated carbocycles. The van der Waals surface area contributed by atoms with Crippen molar-refractivity contribution in [3.8, 4) is 0 Å². The molecule has 0 amide bonds. The van der Waals surface area contributed by atoms with Gasteiger partial charge in [-0.3, -0.25) is 9.97 Å². The largest absolute Gasteiger partial charge is 0.396 e. The van der Waals surface area contributed by atoms with E-state index in [1.165, 1.54) is 59.6 Å². The van der Waals surface area contributed by atoms with Gasteiger partial charge in [0.05, 0.1) is 53.3 Å². The van der Waals surface area contributed by atoms with Crippen LogP contribution in [-0.4, -0.2) is 69.0 Å². The highest BCUT2D eigenvalue weighted by molar-refractivity contribution is 5.44. The lowest BCUT2D eigenvalue weighted by molar-refractivity contribution is -0.101. The molecule has 3 heterocycles. The van der Waals surface area contributed by atoms with Crippen molar-refractivity contribution in [1.82, 2.24) is 9.97 Å². The predicted octanol–water partition coefficient (Wildman–Crippen LogP) is 9.44. The number of fused-ring (bicyclic) bond motifs is 16. The van der Waals surface area contributed by atoms with Crippen molar-refractivity contribution in [2.45, 2.75) is 176 Å². The Labute approximate surface area is 373 Å². The van der Waals surface area contributed by atoms with Crippen molar-refractivity contribution in [2.75, 3.05) is 13.2 Å². The van der Waals surface area contributed by atoms with Crippen molar-refractivity contribution in [1.29, 1.82) is 0 Å². The Balaban J connectivity index is 0.824. The number of aliphatic hydroxyl groups is 3. The molecule has 340 valence electrons. The Morgan fingerprint density at radius 3 is 1.76 bits per heavy atom. The van der Waals surface area contributed by atoms with Crippen LogP contribution in [0.3, 0.4) is 0 Å². The molecule has 2 saturated heterocycles. The standard InChI is InChI=1S/C55H80N2O5/c1-28(26-58)10-16-45-31(4)50-47(61-45)21-39-35-14-12-33-19-41-43(24-52(33,6)37(35)18-30(3)54(39,50)8)56-42-20-34-13-15-36-38(53(34,7)25-44(42)57-41)23-49(60)55(9)40(36)22-48-51(55)32(5)46(62-48)17-11-29(2)27-59/h21-22,28-29,31-38,45-51,58-60H,3,10-20,23-27H2,1-2,4-9H3/t28-,29-,31+,32+,33-,34-,35+,36+,37-,38-,45+,46+,47-,48-,49+,50-,51-,52-,53-,54-,55+/m0/s1. The van der Waals surface area contributed by atoms with E-state index in [2.05, 4.69) is 67.5 Å². The third-order valence-corrected chi connectivity index (χ3v) is 22.0. The molecule has 0 radical (unpaired) electrons. The van der Waals surface area contributed by atoms with Gasteiger partial charge in [0.25, 0.3) is 0 Å². The fourth-order valence-electron chi connectivity index (χ4n) is 18.1. The Morgan fingerprint density at radius 1 is 0.694 bits per heavy atom. The molecule has 7 nitrogen and oxygen atoms in total. The fraction of sp³-hybridized carbons (Fsp3) is 0.818. The summed E-state index contributed by atoms with van der Waals surface area (Å²) in [5.74, 6) is 5.58. The van der Waals surface area contributed by atoms with E-state index in [-0.39, 0.29) is 65.4 Å². The minimum atomic E-state index is -0.363. The molecule has 0 aromatic carbocycles. The van der Waals surface area contributed by atoms with Gasteiger partial charge in [-0.15, -0.1) is 0 Å². The van der Waals surface area contributed by atoms with Crippen LogP contribution >= 0.6 is 0 Å². The van der Waals surface area contributed by atoms with E-state index in [9.17, 15) is 15.3 Å². The number of hydrogen-bond acceptors (Lipinski definition) is 7. The van der Waals surface area contributed by atoms with Crippen LogP contribution in [0.5, 0.6) is 0 Å². The molecule has 11 rings (SSSR count). The zero-order valence-corrected chi connectivity index (χ0v) is 39.5. The minimum Gasteiger partial charge on any atom is -0.396 e. The minimum absolute atomic E-state index is 0.0121. The number of hydrogen-bond donors (Lipinski definition) is 3. The van der Waals surface area contributed by atoms with E-state index < -0.39 is 0 Å². The van der Waals surface area contributed by atoms with Gasteiger partial charge in [-0.05, 0) is 160 Å². The van der Waals surface area contributed by atoms with E-state index in [1.54, 1.807) is 5.57 Å². The number of aliphatic hydroxyl groups excluding tert-OH is 3. The maximum atomic E-state index is 12.4. The molecule has 6 fully saturated rings. The molecule has 0 unspecified atom stereocenters. The van der Waals surface area contributed by atoms with Gasteiger partial charge in [0.1, 0.15) is 0 Å². The summed E-state index contributed by atoms with van der Waals surface area (Å²) in [4.78, 5) is 11.4. The number of rotatable bonds is 8. The summed E-state index contributed by atoms with van der Waals surface area (Å²) >= 11 is 0. The molecule has 2 aliphatic heterocycles. The number of nitrogens with zero attached hydrogens (tertiary/aromatic N) is 2. The predicted molar refractivity (Wildman–Crippen MR) is 243 cm³/mol. The van der Waals surface area contributed by atoms with E-state index in [0.717, 1.165) is 64.2 Å². The van der Waals surface area contributed by atoms with Crippen LogP contribution in [0.1, 0.15) is 142 Å². The van der Waals surface area contributed by atoms with Crippen LogP contribution in [0.25, 0.3) is 0 Å². The second-order valence-corrected chi connectivity index (χ2v) is 24.8. The van der Waals surface area contributed by atoms with Crippen molar-refractivity contribution < 1.29 is 24.8 Å². The topological polar surface area (TPSA) is 105 Å². The van der Waals surface area contributed by atoms with Gasteiger partial charge < -0.3 is 24.8 Å². The number of ether oxygens (including phenoxy) is 2. The highest BCUT2D eigenvalue weighted by atomic mass is 16.5. The van der Waals surface area contributed by atoms with Gasteiger partial charge in [-0.1, -0.05) is 90.8 Å². The zero-order chi connectivity index (χ0) is 43.4. The van der Waals surface area contributed by atoms with Crippen LogP contribution in [0.4, 0.5) is 0 Å². The Bertz CT molecular complexity index is 2050. The second kappa shape index (κ2) is 14.8. The smallest absolute Gasteiger partial charge is 0.0805 e. The summed E-state index contributed by atoms with van der Waals surface area (Å²) < 4.78 is 13.8. The first kappa shape index (κ1) is 42.7. The SMILES string of the molecule is C=C1C[C@H]2[C@@H](CC[C@H]3Cc4nc5c(nc4C[C@@]32C)C[C@@H]2CC[C@H]3C4=C[C@@H]6O[C@H](CC[C@H](C)CO)[C@@H](C)[C@@H]6[C@@]4(C)[C@H](O)C[C@@H]3[C@@]2(C)C5)C2=C[C@@H]3O[C@H](CC[C@H](C)CO)[C@@H](C)[C@@H]3[C@@]12C. The molecule has 0 spiro atoms. The summed E-state index contributed by atoms with van der Waals surface area (Å²) in [5, 5.41) is 31.7. The Hall–Kier alpha value is -1.90. The fourth-order valence-corrected chi connectivity index (χ4v) is 18.1. The van der Waals surface area contributed by atoms with Crippen LogP contribution in [0.15, 0.2) is 35.5 Å². The number of aromatic nitrogens is 2. The molecular formula is C55H80N2O5. The lowest BCUT2D eigenvalue weighted by atomic mass is 9.44. The molecule has 3 N–H and O–H groups in total. The molecule has 1 aromatic heterocycles. The third-order valence-electron chi connectivity index (χ3n) is 22.0. The van der Waals surface area contributed by atoms with Gasteiger partial charge >= 0.3 is 0 Å². The van der Waals surface area contributed by atoms with Crippen LogP contribution in [0.2, 0.25) is 0 Å². The van der Waals surface area contributed by atoms with Crippen molar-refractivity contribution in [3.05, 3.63) is 58.2 Å². The first-order valence-corrected chi connectivity index (χ1v) is 25.7. The van der Waals surface area contributed by atoms with Crippen molar-refractivity contribution in [3.63, 3.8) is 0 Å². The quantitative estimate of drug-likeness (QED) is 0.224. The van der Waals surface area contributed by atoms with Crippen LogP contribution in [0, 0.1) is 92.7 Å². The van der Waals surface area contributed by atoms with E-state index in [1.807, 2.05) is 0 Å². The summed E-state index contributed by atoms with van der Waals surface area (Å²) in [6.07, 6.45) is 20.5. The van der Waals surface area contributed by atoms with E-state index in [0.29, 0.717) is 71.0 Å². The molecule has 62 heavy (non-hydrogen) atoms. The van der Waals surface area contributed by atoms with Crippen LogP contribution in [-0.2, 0) is 35.2 Å². The second-order valence-electron chi connectivity index (χ2n) is 24.8. The van der Waals surface area contributed by atoms with Gasteiger partial charge in [0, 0.05) is 35.9 Å². The average Bonchev–Trinajstić information content (AvgIpc) is 3.94. The number of allylic oxidation sites excluding steroid dienone is 2. The molecule has 1 aromatic rings. The lowest BCUT2D eigenvalue weighted by Gasteiger charge is -2.60. The molecular weight excluding hydrogens is 769 g/mol. The van der Waals surface area contributed by atoms with Gasteiger partial charge in [0.15, 0.2) is 0 Å². The normalized spacial score (nSPS) is 50.3. The molecule has 0 bridgehead atoms. The van der Waals surface area contributed by atoms with Crippen LogP contribution < -0.4 is 0 Å². The highest BCUT2D eigenvalue weighted by Crippen LogP contribution is 2.70. The third kappa shape index (κ3) is 5.84. The van der Waals surface area contributed by atoms with E-state index in [4.69, 9.17) is 26.0 Å². The summed E-state index contributed by atoms with van der Waals surface area (Å²) in [6, 6.07) is 0. The maximum Gasteiger partial charge on any atom is 0.0805 e. The van der Waals surface area contributed by atoms with Gasteiger partial charge in [0.2, 0.25) is 0 Å². The lowest BCUT2D eigenvalue weighted by Crippen LogP contribution is -2.57. The van der Waals surface area contributed by atoms with Crippen molar-refractivity contribution in [2.24, 2.45) is 92.7 Å². The zero-order valence-electron chi connectivity index (χ0n) is 39.5. The molecule has 21 atom stereocenters. The molecule has 7 heteroatoms. The Kier molecular flexibility index (Phi) is 10.2. The monoisotopic (exact) mass is 849 g/mol. The average molecular weight is 849 g/mol. The first-order chi connectivity index (χ1) is 29.5. The van der Waals surface area contributed by atoms with E-state index >= 15 is 0 Å². The summed E-state index contributed by atoms with van der Waals surface area (Å²) in [5.41, 5.74) is 9.78. The first-order valence-electron chi connectivity index (χ1n) is 25.7. The summed E-state index contributed by atoms with van der Waals surface area (Å²) in [7, 11) is 0. The highest BCUT2D eigenvalue weighted by Gasteiger charge is 2.67. The van der Waals surface area contributed by atoms with Crippen molar-refractivity contribution >= 4 is 0 Å².